The lowest BCUT2D eigenvalue weighted by molar-refractivity contribution is -0.119. The van der Waals surface area contributed by atoms with Crippen LogP contribution in [0.3, 0.4) is 0 Å². The molecule has 1 heterocycles. The number of hydrogen-bond donors (Lipinski definition) is 2. The molecule has 1 atom stereocenters. The van der Waals surface area contributed by atoms with Crippen LogP contribution in [0.2, 0.25) is 0 Å². The Hall–Kier alpha value is -2.77. The maximum atomic E-state index is 12.8. The monoisotopic (exact) mass is 494 g/mol. The largest absolute Gasteiger partial charge is 0.465 e. The fourth-order valence-electron chi connectivity index (χ4n) is 4.66. The summed E-state index contributed by atoms with van der Waals surface area (Å²) in [5, 5.41) is 8.84. The highest BCUT2D eigenvalue weighted by molar-refractivity contribution is 7.80. The van der Waals surface area contributed by atoms with E-state index in [1.54, 1.807) is 0 Å². The highest BCUT2D eigenvalue weighted by Crippen LogP contribution is 2.44. The molecule has 0 saturated heterocycles. The molecule has 0 spiro atoms. The number of thiophene rings is 1. The quantitative estimate of drug-likeness (QED) is 0.349. The number of anilines is 1. The number of fused-ring (bicyclic) bond motifs is 2. The van der Waals surface area contributed by atoms with Gasteiger partial charge in [-0.05, 0) is 64.7 Å². The van der Waals surface area contributed by atoms with Gasteiger partial charge in [-0.3, -0.25) is 4.79 Å². The van der Waals surface area contributed by atoms with Gasteiger partial charge in [-0.25, -0.2) is 4.79 Å². The molecule has 1 aliphatic rings. The summed E-state index contributed by atoms with van der Waals surface area (Å²) >= 11 is 6.98. The summed E-state index contributed by atoms with van der Waals surface area (Å²) in [5.41, 5.74) is 2.73. The first kappa shape index (κ1) is 24.4. The summed E-state index contributed by atoms with van der Waals surface area (Å²) in [7, 11) is 1.39. The van der Waals surface area contributed by atoms with Gasteiger partial charge in [0, 0.05) is 4.88 Å². The normalized spacial score (nSPS) is 15.5. The molecule has 1 aromatic heterocycles. The lowest BCUT2D eigenvalue weighted by Gasteiger charge is -2.33. The molecule has 34 heavy (non-hydrogen) atoms. The highest BCUT2D eigenvalue weighted by atomic mass is 32.1. The zero-order valence-electron chi connectivity index (χ0n) is 20.0. The smallest absolute Gasteiger partial charge is 0.341 e. The Morgan fingerprint density at radius 1 is 1.15 bits per heavy atom. The second-order valence-electron chi connectivity index (χ2n) is 9.82. The second kappa shape index (κ2) is 9.84. The average molecular weight is 495 g/mol. The standard InChI is InChI=1S/C27H30N2O3S2/c1-27(2,3)18-12-13-20-21(15-18)34-24(23(20)25(31)32-4)29-26(33)28-22(30)14-17-10-7-9-16-8-5-6-11-19(16)17/h5-11,18H,12-15H2,1-4H3,(H2,28,29,30,33). The van der Waals surface area contributed by atoms with Gasteiger partial charge >= 0.3 is 5.97 Å². The molecule has 7 heteroatoms. The van der Waals surface area contributed by atoms with Crippen molar-refractivity contribution in [1.82, 2.24) is 5.32 Å². The molecule has 0 fully saturated rings. The van der Waals surface area contributed by atoms with Crippen molar-refractivity contribution < 1.29 is 14.3 Å². The average Bonchev–Trinajstić information content (AvgIpc) is 3.15. The zero-order valence-corrected chi connectivity index (χ0v) is 21.6. The third-order valence-electron chi connectivity index (χ3n) is 6.59. The molecule has 2 aromatic carbocycles. The number of carbonyl (C=O) groups excluding carboxylic acids is 2. The molecule has 178 valence electrons. The Bertz CT molecular complexity index is 1250. The number of thiocarbonyl (C=S) groups is 1. The molecule has 3 aromatic rings. The summed E-state index contributed by atoms with van der Waals surface area (Å²) < 4.78 is 5.08. The molecule has 0 saturated carbocycles. The number of benzene rings is 2. The van der Waals surface area contributed by atoms with Crippen LogP contribution in [0.4, 0.5) is 5.00 Å². The minimum Gasteiger partial charge on any atom is -0.465 e. The molecule has 4 rings (SSSR count). The van der Waals surface area contributed by atoms with Gasteiger partial charge in [-0.2, -0.15) is 0 Å². The Balaban J connectivity index is 1.50. The predicted octanol–water partition coefficient (Wildman–Crippen LogP) is 5.89. The van der Waals surface area contributed by atoms with Crippen molar-refractivity contribution in [2.75, 3.05) is 12.4 Å². The summed E-state index contributed by atoms with van der Waals surface area (Å²) in [6, 6.07) is 13.9. The predicted molar refractivity (Wildman–Crippen MR) is 143 cm³/mol. The van der Waals surface area contributed by atoms with E-state index in [9.17, 15) is 9.59 Å². The van der Waals surface area contributed by atoms with Crippen LogP contribution in [0.1, 0.15) is 53.6 Å². The van der Waals surface area contributed by atoms with E-state index >= 15 is 0 Å². The highest BCUT2D eigenvalue weighted by Gasteiger charge is 2.34. The van der Waals surface area contributed by atoms with E-state index in [-0.39, 0.29) is 28.8 Å². The minimum absolute atomic E-state index is 0.182. The zero-order chi connectivity index (χ0) is 24.5. The van der Waals surface area contributed by atoms with Gasteiger partial charge in [0.25, 0.3) is 0 Å². The molecule has 1 unspecified atom stereocenters. The van der Waals surface area contributed by atoms with Crippen LogP contribution in [0.15, 0.2) is 42.5 Å². The second-order valence-corrected chi connectivity index (χ2v) is 11.3. The molecule has 0 radical (unpaired) electrons. The summed E-state index contributed by atoms with van der Waals surface area (Å²) in [4.78, 5) is 26.6. The Kier molecular flexibility index (Phi) is 7.05. The van der Waals surface area contributed by atoms with E-state index in [2.05, 4.69) is 31.4 Å². The fourth-order valence-corrected chi connectivity index (χ4v) is 6.26. The van der Waals surface area contributed by atoms with Crippen molar-refractivity contribution in [2.24, 2.45) is 11.3 Å². The van der Waals surface area contributed by atoms with Crippen molar-refractivity contribution in [3.63, 3.8) is 0 Å². The first-order valence-corrected chi connectivity index (χ1v) is 12.7. The molecule has 0 bridgehead atoms. The number of hydrogen-bond acceptors (Lipinski definition) is 5. The number of methoxy groups -OCH3 is 1. The SMILES string of the molecule is COC(=O)c1c(NC(=S)NC(=O)Cc2cccc3ccccc23)sc2c1CCC(C(C)(C)C)C2. The minimum atomic E-state index is -0.376. The van der Waals surface area contributed by atoms with Gasteiger partial charge in [0.1, 0.15) is 5.00 Å². The Morgan fingerprint density at radius 3 is 2.62 bits per heavy atom. The van der Waals surface area contributed by atoms with Gasteiger partial charge in [-0.15, -0.1) is 11.3 Å². The Morgan fingerprint density at radius 2 is 1.88 bits per heavy atom. The van der Waals surface area contributed by atoms with Crippen molar-refractivity contribution >= 4 is 56.3 Å². The van der Waals surface area contributed by atoms with E-state index in [0.717, 1.165) is 41.2 Å². The molecule has 0 aliphatic heterocycles. The van der Waals surface area contributed by atoms with E-state index < -0.39 is 0 Å². The van der Waals surface area contributed by atoms with Crippen LogP contribution in [0, 0.1) is 11.3 Å². The van der Waals surface area contributed by atoms with Crippen LogP contribution in [-0.4, -0.2) is 24.1 Å². The van der Waals surface area contributed by atoms with Gasteiger partial charge < -0.3 is 15.4 Å². The van der Waals surface area contributed by atoms with Crippen LogP contribution in [0.5, 0.6) is 0 Å². The van der Waals surface area contributed by atoms with Crippen LogP contribution < -0.4 is 10.6 Å². The maximum Gasteiger partial charge on any atom is 0.341 e. The first-order valence-electron chi connectivity index (χ1n) is 11.5. The third kappa shape index (κ3) is 5.15. The van der Waals surface area contributed by atoms with E-state index in [1.165, 1.54) is 23.3 Å². The lowest BCUT2D eigenvalue weighted by atomic mass is 9.72. The van der Waals surface area contributed by atoms with Gasteiger partial charge in [0.2, 0.25) is 5.91 Å². The van der Waals surface area contributed by atoms with Crippen LogP contribution in [0.25, 0.3) is 10.8 Å². The van der Waals surface area contributed by atoms with Gasteiger partial charge in [-0.1, -0.05) is 63.2 Å². The third-order valence-corrected chi connectivity index (χ3v) is 7.96. The molecule has 1 aliphatic carbocycles. The summed E-state index contributed by atoms with van der Waals surface area (Å²) in [5.74, 6) is -0.0361. The van der Waals surface area contributed by atoms with Gasteiger partial charge in [0.05, 0.1) is 19.1 Å². The topological polar surface area (TPSA) is 67.4 Å². The number of amides is 1. The summed E-state index contributed by atoms with van der Waals surface area (Å²) in [6.45, 7) is 6.78. The first-order chi connectivity index (χ1) is 16.2. The number of nitrogens with one attached hydrogen (secondary N) is 2. The molecular formula is C27H30N2O3S2. The molecule has 1 amide bonds. The van der Waals surface area contributed by atoms with Crippen LogP contribution in [-0.2, 0) is 28.8 Å². The molecule has 5 nitrogen and oxygen atoms in total. The number of rotatable bonds is 4. The van der Waals surface area contributed by atoms with Crippen molar-refractivity contribution in [1.29, 1.82) is 0 Å². The lowest BCUT2D eigenvalue weighted by Crippen LogP contribution is -2.35. The molecule has 2 N–H and O–H groups in total. The Labute approximate surface area is 209 Å². The van der Waals surface area contributed by atoms with Crippen molar-refractivity contribution in [3.8, 4) is 0 Å². The molecular weight excluding hydrogens is 464 g/mol. The van der Waals surface area contributed by atoms with E-state index in [0.29, 0.717) is 16.5 Å². The van der Waals surface area contributed by atoms with Crippen LogP contribution >= 0.6 is 23.6 Å². The maximum absolute atomic E-state index is 12.8. The van der Waals surface area contributed by atoms with Crippen molar-refractivity contribution in [2.45, 2.75) is 46.5 Å². The fraction of sp³-hybridized carbons (Fsp3) is 0.370. The van der Waals surface area contributed by atoms with E-state index in [1.807, 2.05) is 42.5 Å². The van der Waals surface area contributed by atoms with Crippen molar-refractivity contribution in [3.05, 3.63) is 64.0 Å². The number of carbonyl (C=O) groups is 2. The number of esters is 1. The van der Waals surface area contributed by atoms with E-state index in [4.69, 9.17) is 17.0 Å². The number of ether oxygens (including phenoxy) is 1. The van der Waals surface area contributed by atoms with Gasteiger partial charge in [0.15, 0.2) is 5.11 Å². The summed E-state index contributed by atoms with van der Waals surface area (Å²) in [6.07, 6.45) is 3.00.